The Hall–Kier alpha value is -4.24. The van der Waals surface area contributed by atoms with Crippen molar-refractivity contribution in [3.8, 4) is 0 Å². The predicted molar refractivity (Wildman–Crippen MR) is 150 cm³/mol. The average Bonchev–Trinajstić information content (AvgIpc) is 2.97. The van der Waals surface area contributed by atoms with Gasteiger partial charge in [0.15, 0.2) is 11.6 Å². The molecular weight excluding hydrogens is 538 g/mol. The molecule has 208 valence electrons. The van der Waals surface area contributed by atoms with E-state index in [1.165, 1.54) is 41.6 Å². The van der Waals surface area contributed by atoms with Crippen molar-refractivity contribution in [2.24, 2.45) is 0 Å². The molecule has 2 amide bonds. The maximum atomic E-state index is 15.0. The molecule has 0 radical (unpaired) electrons. The number of carbonyl (C=O) groups is 2. The maximum absolute atomic E-state index is 15.0. The van der Waals surface area contributed by atoms with E-state index in [9.17, 15) is 23.2 Å². The summed E-state index contributed by atoms with van der Waals surface area (Å²) in [4.78, 5) is 38.6. The quantitative estimate of drug-likeness (QED) is 0.394. The molecule has 0 spiro atoms. The number of amides is 2. The molecule has 0 bridgehead atoms. The Kier molecular flexibility index (Phi) is 9.16. The zero-order valence-electron chi connectivity index (χ0n) is 22.1. The average molecular weight is 567 g/mol. The number of rotatable bonds is 9. The number of pyridine rings is 1. The second kappa shape index (κ2) is 12.7. The van der Waals surface area contributed by atoms with Crippen LogP contribution in [0.15, 0.2) is 71.9 Å². The van der Waals surface area contributed by atoms with E-state index in [4.69, 9.17) is 11.6 Å². The first kappa shape index (κ1) is 28.8. The van der Waals surface area contributed by atoms with Crippen molar-refractivity contribution >= 4 is 28.4 Å². The van der Waals surface area contributed by atoms with Crippen molar-refractivity contribution in [1.29, 1.82) is 0 Å². The molecule has 0 unspecified atom stereocenters. The SMILES string of the molecule is C/C=C(/Cl)c1cc(CNC(=O)c2ccc(=O)n(Cc3ccc(CN4C=CNCC4=O)c(F)c3F)c2)ccc1CC. The smallest absolute Gasteiger partial charge is 0.253 e. The molecule has 0 aliphatic carbocycles. The molecular formula is C30H29ClF2N4O3. The molecule has 2 N–H and O–H groups in total. The summed E-state index contributed by atoms with van der Waals surface area (Å²) in [7, 11) is 0. The maximum Gasteiger partial charge on any atom is 0.253 e. The van der Waals surface area contributed by atoms with Crippen LogP contribution < -0.4 is 16.2 Å². The highest BCUT2D eigenvalue weighted by atomic mass is 35.5. The Morgan fingerprint density at radius 2 is 1.75 bits per heavy atom. The van der Waals surface area contributed by atoms with Gasteiger partial charge in [-0.05, 0) is 42.2 Å². The monoisotopic (exact) mass is 566 g/mol. The Balaban J connectivity index is 1.48. The molecule has 0 atom stereocenters. The van der Waals surface area contributed by atoms with Gasteiger partial charge in [-0.3, -0.25) is 14.4 Å². The molecule has 0 saturated carbocycles. The van der Waals surface area contributed by atoms with Gasteiger partial charge in [-0.15, -0.1) is 0 Å². The molecule has 10 heteroatoms. The van der Waals surface area contributed by atoms with Crippen LogP contribution in [0.2, 0.25) is 0 Å². The molecule has 2 heterocycles. The van der Waals surface area contributed by atoms with Crippen LogP contribution in [0.4, 0.5) is 8.78 Å². The van der Waals surface area contributed by atoms with Gasteiger partial charge in [-0.25, -0.2) is 8.78 Å². The number of aryl methyl sites for hydroxylation is 1. The highest BCUT2D eigenvalue weighted by Crippen LogP contribution is 2.25. The lowest BCUT2D eigenvalue weighted by Crippen LogP contribution is -2.37. The molecule has 3 aromatic rings. The summed E-state index contributed by atoms with van der Waals surface area (Å²) in [5.41, 5.74) is 2.51. The second-order valence-electron chi connectivity index (χ2n) is 9.28. The number of nitrogens with zero attached hydrogens (tertiary/aromatic N) is 2. The number of allylic oxidation sites excluding steroid dienone is 1. The third kappa shape index (κ3) is 6.48. The van der Waals surface area contributed by atoms with E-state index >= 15 is 0 Å². The topological polar surface area (TPSA) is 83.4 Å². The third-order valence-electron chi connectivity index (χ3n) is 6.63. The lowest BCUT2D eigenvalue weighted by atomic mass is 10.0. The zero-order chi connectivity index (χ0) is 28.8. The standard InChI is InChI=1S/C30H29ClF2N4O3/c1-3-20-6-5-19(13-24(20)25(31)4-2)14-35-30(40)23-9-10-26(38)37(18-23)17-22-8-7-21(28(32)29(22)33)16-36-12-11-34-15-27(36)39/h4-13,18,34H,3,14-17H2,1-2H3,(H,35,40)/b25-4+. The largest absolute Gasteiger partial charge is 0.381 e. The van der Waals surface area contributed by atoms with E-state index < -0.39 is 23.1 Å². The van der Waals surface area contributed by atoms with Gasteiger partial charge in [-0.1, -0.05) is 48.9 Å². The first-order valence-corrected chi connectivity index (χ1v) is 13.2. The summed E-state index contributed by atoms with van der Waals surface area (Å²) in [6, 6.07) is 11.2. The molecule has 0 saturated heterocycles. The summed E-state index contributed by atoms with van der Waals surface area (Å²) < 4.78 is 30.9. The Bertz CT molecular complexity index is 1560. The Morgan fingerprint density at radius 3 is 2.42 bits per heavy atom. The fourth-order valence-electron chi connectivity index (χ4n) is 4.35. The lowest BCUT2D eigenvalue weighted by Gasteiger charge is -2.22. The summed E-state index contributed by atoms with van der Waals surface area (Å²) >= 11 is 6.35. The fraction of sp³-hybridized carbons (Fsp3) is 0.233. The molecule has 40 heavy (non-hydrogen) atoms. The van der Waals surface area contributed by atoms with Gasteiger partial charge in [0.1, 0.15) is 0 Å². The van der Waals surface area contributed by atoms with Crippen LogP contribution in [0.3, 0.4) is 0 Å². The molecule has 1 aromatic heterocycles. The van der Waals surface area contributed by atoms with E-state index in [1.807, 2.05) is 38.1 Å². The number of hydrogen-bond donors (Lipinski definition) is 2. The van der Waals surface area contributed by atoms with Gasteiger partial charge < -0.3 is 20.1 Å². The van der Waals surface area contributed by atoms with Crippen LogP contribution in [-0.4, -0.2) is 27.8 Å². The second-order valence-corrected chi connectivity index (χ2v) is 9.69. The Morgan fingerprint density at radius 1 is 1.05 bits per heavy atom. The van der Waals surface area contributed by atoms with Gasteiger partial charge in [0, 0.05) is 47.4 Å². The van der Waals surface area contributed by atoms with E-state index in [1.54, 1.807) is 6.20 Å². The molecule has 4 rings (SSSR count). The van der Waals surface area contributed by atoms with E-state index in [-0.39, 0.29) is 48.8 Å². The van der Waals surface area contributed by atoms with Gasteiger partial charge in [0.2, 0.25) is 5.91 Å². The number of aromatic nitrogens is 1. The minimum atomic E-state index is -1.11. The first-order valence-electron chi connectivity index (χ1n) is 12.8. The zero-order valence-corrected chi connectivity index (χ0v) is 22.9. The van der Waals surface area contributed by atoms with E-state index in [0.29, 0.717) is 5.03 Å². The van der Waals surface area contributed by atoms with Crippen LogP contribution in [0, 0.1) is 11.6 Å². The van der Waals surface area contributed by atoms with Gasteiger partial charge in [0.05, 0.1) is 25.2 Å². The van der Waals surface area contributed by atoms with Gasteiger partial charge >= 0.3 is 0 Å². The highest BCUT2D eigenvalue weighted by molar-refractivity contribution is 6.48. The van der Waals surface area contributed by atoms with Crippen LogP contribution in [0.5, 0.6) is 0 Å². The first-order chi connectivity index (χ1) is 19.2. The van der Waals surface area contributed by atoms with Crippen LogP contribution in [0.25, 0.3) is 5.03 Å². The van der Waals surface area contributed by atoms with Crippen LogP contribution >= 0.6 is 11.6 Å². The van der Waals surface area contributed by atoms with Gasteiger partial charge in [0.25, 0.3) is 11.5 Å². The number of nitrogens with one attached hydrogen (secondary N) is 2. The van der Waals surface area contributed by atoms with Crippen molar-refractivity contribution in [3.05, 3.63) is 123 Å². The normalized spacial score (nSPS) is 13.4. The van der Waals surface area contributed by atoms with E-state index in [2.05, 4.69) is 10.6 Å². The molecule has 1 aliphatic heterocycles. The van der Waals surface area contributed by atoms with Crippen molar-refractivity contribution in [1.82, 2.24) is 20.1 Å². The summed E-state index contributed by atoms with van der Waals surface area (Å²) in [6.07, 6.45) is 6.96. The molecule has 1 aliphatic rings. The molecule has 7 nitrogen and oxygen atoms in total. The minimum absolute atomic E-state index is 0.00691. The lowest BCUT2D eigenvalue weighted by molar-refractivity contribution is -0.128. The summed E-state index contributed by atoms with van der Waals surface area (Å²) in [5.74, 6) is -2.90. The van der Waals surface area contributed by atoms with Gasteiger partial charge in [-0.2, -0.15) is 0 Å². The Labute approximate surface area is 235 Å². The number of carbonyl (C=O) groups excluding carboxylic acids is 2. The number of halogens is 3. The molecule has 2 aromatic carbocycles. The van der Waals surface area contributed by atoms with Crippen molar-refractivity contribution in [2.75, 3.05) is 6.54 Å². The van der Waals surface area contributed by atoms with Crippen LogP contribution in [0.1, 0.15) is 52.0 Å². The minimum Gasteiger partial charge on any atom is -0.381 e. The third-order valence-corrected chi connectivity index (χ3v) is 7.06. The van der Waals surface area contributed by atoms with Crippen molar-refractivity contribution < 1.29 is 18.4 Å². The number of benzene rings is 2. The number of hydrogen-bond acceptors (Lipinski definition) is 4. The van der Waals surface area contributed by atoms with Crippen molar-refractivity contribution in [2.45, 2.75) is 39.9 Å². The highest BCUT2D eigenvalue weighted by Gasteiger charge is 2.20. The van der Waals surface area contributed by atoms with Crippen molar-refractivity contribution in [3.63, 3.8) is 0 Å². The predicted octanol–water partition coefficient (Wildman–Crippen LogP) is 4.67. The summed E-state index contributed by atoms with van der Waals surface area (Å²) in [5, 5.41) is 6.20. The fourth-order valence-corrected chi connectivity index (χ4v) is 4.52. The molecule has 0 fully saturated rings. The van der Waals surface area contributed by atoms with Crippen LogP contribution in [-0.2, 0) is 30.8 Å². The van der Waals surface area contributed by atoms with E-state index in [0.717, 1.165) is 27.7 Å². The summed E-state index contributed by atoms with van der Waals surface area (Å²) in [6.45, 7) is 3.79.